The van der Waals surface area contributed by atoms with Crippen molar-refractivity contribution in [3.63, 3.8) is 0 Å². The molecule has 128 valence electrons. The van der Waals surface area contributed by atoms with Gasteiger partial charge in [-0.2, -0.15) is 5.10 Å². The van der Waals surface area contributed by atoms with E-state index < -0.39 is 0 Å². The van der Waals surface area contributed by atoms with Gasteiger partial charge in [0.2, 0.25) is 0 Å². The van der Waals surface area contributed by atoms with Gasteiger partial charge in [-0.15, -0.1) is 0 Å². The Kier molecular flexibility index (Phi) is 5.51. The maximum Gasteiger partial charge on any atom is 0.256 e. The van der Waals surface area contributed by atoms with E-state index in [-0.39, 0.29) is 5.91 Å². The molecule has 0 atom stereocenters. The summed E-state index contributed by atoms with van der Waals surface area (Å²) in [5, 5.41) is 7.13. The third-order valence-electron chi connectivity index (χ3n) is 4.36. The van der Waals surface area contributed by atoms with E-state index in [1.165, 1.54) is 19.3 Å². The highest BCUT2D eigenvalue weighted by Crippen LogP contribution is 2.23. The molecule has 1 aromatic carbocycles. The molecule has 0 bridgehead atoms. The molecule has 0 aliphatic heterocycles. The first-order valence-corrected chi connectivity index (χ1v) is 8.86. The number of amides is 1. The fourth-order valence-electron chi connectivity index (χ4n) is 3.08. The number of rotatable bonds is 6. The molecule has 24 heavy (non-hydrogen) atoms. The Bertz CT molecular complexity index is 658. The van der Waals surface area contributed by atoms with Crippen molar-refractivity contribution in [2.24, 2.45) is 0 Å². The lowest BCUT2D eigenvalue weighted by molar-refractivity contribution is 0.102. The highest BCUT2D eigenvalue weighted by molar-refractivity contribution is 6.03. The lowest BCUT2D eigenvalue weighted by Gasteiger charge is -2.23. The summed E-state index contributed by atoms with van der Waals surface area (Å²) in [7, 11) is 0. The van der Waals surface area contributed by atoms with E-state index in [9.17, 15) is 4.79 Å². The van der Waals surface area contributed by atoms with Crippen molar-refractivity contribution >= 4 is 11.7 Å². The monoisotopic (exact) mass is 327 g/mol. The Morgan fingerprint density at radius 3 is 2.67 bits per heavy atom. The van der Waals surface area contributed by atoms with Gasteiger partial charge in [-0.05, 0) is 56.4 Å². The van der Waals surface area contributed by atoms with Gasteiger partial charge in [-0.1, -0.05) is 13.3 Å². The van der Waals surface area contributed by atoms with Crippen molar-refractivity contribution in [1.82, 2.24) is 9.78 Å². The molecule has 1 aromatic heterocycles. The third kappa shape index (κ3) is 4.16. The molecule has 1 saturated carbocycles. The summed E-state index contributed by atoms with van der Waals surface area (Å²) in [6.07, 6.45) is 9.06. The molecule has 0 spiro atoms. The fourth-order valence-corrected chi connectivity index (χ4v) is 3.08. The number of benzene rings is 1. The number of hydrogen-bond acceptors (Lipinski definition) is 3. The van der Waals surface area contributed by atoms with Crippen LogP contribution in [0.5, 0.6) is 5.75 Å². The highest BCUT2D eigenvalue weighted by Gasteiger charge is 2.15. The van der Waals surface area contributed by atoms with Gasteiger partial charge in [-0.3, -0.25) is 4.79 Å². The molecule has 0 unspecified atom stereocenters. The zero-order valence-corrected chi connectivity index (χ0v) is 14.2. The van der Waals surface area contributed by atoms with Crippen molar-refractivity contribution in [3.05, 3.63) is 42.1 Å². The quantitative estimate of drug-likeness (QED) is 0.862. The molecule has 2 aromatic rings. The second-order valence-electron chi connectivity index (χ2n) is 6.30. The van der Waals surface area contributed by atoms with Crippen LogP contribution >= 0.6 is 0 Å². The summed E-state index contributed by atoms with van der Waals surface area (Å²) in [4.78, 5) is 12.4. The van der Waals surface area contributed by atoms with Crippen LogP contribution in [0.1, 0.15) is 55.8 Å². The van der Waals surface area contributed by atoms with Gasteiger partial charge in [0.1, 0.15) is 11.6 Å². The SMILES string of the molecule is CCCn1nccc1NC(=O)c1ccc(OC2CCCCC2)cc1. The predicted octanol–water partition coefficient (Wildman–Crippen LogP) is 4.26. The Balaban J connectivity index is 1.60. The smallest absolute Gasteiger partial charge is 0.256 e. The molecule has 5 heteroatoms. The first kappa shape index (κ1) is 16.6. The van der Waals surface area contributed by atoms with E-state index >= 15 is 0 Å². The summed E-state index contributed by atoms with van der Waals surface area (Å²) in [5.41, 5.74) is 0.621. The number of aromatic nitrogens is 2. The molecule has 1 aliphatic carbocycles. The van der Waals surface area contributed by atoms with E-state index in [4.69, 9.17) is 4.74 Å². The average molecular weight is 327 g/mol. The number of ether oxygens (including phenoxy) is 1. The molecule has 0 saturated heterocycles. The van der Waals surface area contributed by atoms with Gasteiger partial charge in [-0.25, -0.2) is 4.68 Å². The van der Waals surface area contributed by atoms with Crippen LogP contribution in [0, 0.1) is 0 Å². The minimum Gasteiger partial charge on any atom is -0.490 e. The van der Waals surface area contributed by atoms with Crippen molar-refractivity contribution in [3.8, 4) is 5.75 Å². The van der Waals surface area contributed by atoms with Crippen LogP contribution in [0.15, 0.2) is 36.5 Å². The molecular weight excluding hydrogens is 302 g/mol. The maximum absolute atomic E-state index is 12.4. The van der Waals surface area contributed by atoms with Gasteiger partial charge in [0.25, 0.3) is 5.91 Å². The van der Waals surface area contributed by atoms with E-state index in [1.54, 1.807) is 10.9 Å². The minimum absolute atomic E-state index is 0.128. The van der Waals surface area contributed by atoms with Gasteiger partial charge >= 0.3 is 0 Å². The Labute approximate surface area is 143 Å². The third-order valence-corrected chi connectivity index (χ3v) is 4.36. The topological polar surface area (TPSA) is 56.2 Å². The lowest BCUT2D eigenvalue weighted by Crippen LogP contribution is -2.19. The maximum atomic E-state index is 12.4. The normalized spacial score (nSPS) is 15.2. The van der Waals surface area contributed by atoms with Gasteiger partial charge in [0.05, 0.1) is 12.3 Å². The zero-order valence-electron chi connectivity index (χ0n) is 14.2. The molecular formula is C19H25N3O2. The molecule has 1 aliphatic rings. The molecule has 1 N–H and O–H groups in total. The summed E-state index contributed by atoms with van der Waals surface area (Å²) in [5.74, 6) is 1.44. The number of nitrogens with zero attached hydrogens (tertiary/aromatic N) is 2. The molecule has 1 fully saturated rings. The van der Waals surface area contributed by atoms with Gasteiger partial charge in [0.15, 0.2) is 0 Å². The van der Waals surface area contributed by atoms with E-state index in [0.717, 1.165) is 37.4 Å². The van der Waals surface area contributed by atoms with Crippen molar-refractivity contribution in [1.29, 1.82) is 0 Å². The van der Waals surface area contributed by atoms with E-state index in [0.29, 0.717) is 11.7 Å². The number of carbonyl (C=O) groups is 1. The average Bonchev–Trinajstić information content (AvgIpc) is 3.04. The number of aryl methyl sites for hydroxylation is 1. The van der Waals surface area contributed by atoms with Crippen LogP contribution in [-0.2, 0) is 6.54 Å². The van der Waals surface area contributed by atoms with E-state index in [2.05, 4.69) is 17.3 Å². The zero-order chi connectivity index (χ0) is 16.8. The summed E-state index contributed by atoms with van der Waals surface area (Å²) in [6.45, 7) is 2.87. The molecule has 1 amide bonds. The second-order valence-corrected chi connectivity index (χ2v) is 6.30. The van der Waals surface area contributed by atoms with E-state index in [1.807, 2.05) is 30.3 Å². The van der Waals surface area contributed by atoms with Crippen LogP contribution in [0.4, 0.5) is 5.82 Å². The largest absolute Gasteiger partial charge is 0.490 e. The first-order chi connectivity index (χ1) is 11.8. The second kappa shape index (κ2) is 7.99. The Hall–Kier alpha value is -2.30. The van der Waals surface area contributed by atoms with Crippen LogP contribution in [0.25, 0.3) is 0 Å². The summed E-state index contributed by atoms with van der Waals surface area (Å²) < 4.78 is 7.81. The first-order valence-electron chi connectivity index (χ1n) is 8.86. The standard InChI is InChI=1S/C19H25N3O2/c1-2-14-22-18(12-13-20-22)21-19(23)15-8-10-17(11-9-15)24-16-6-4-3-5-7-16/h8-13,16H,2-7,14H2,1H3,(H,21,23). The molecule has 3 rings (SSSR count). The lowest BCUT2D eigenvalue weighted by atomic mass is 9.98. The van der Waals surface area contributed by atoms with Crippen molar-refractivity contribution in [2.75, 3.05) is 5.32 Å². The molecule has 5 nitrogen and oxygen atoms in total. The summed E-state index contributed by atoms with van der Waals surface area (Å²) >= 11 is 0. The highest BCUT2D eigenvalue weighted by atomic mass is 16.5. The van der Waals surface area contributed by atoms with Crippen LogP contribution in [0.3, 0.4) is 0 Å². The number of anilines is 1. The van der Waals surface area contributed by atoms with Crippen LogP contribution < -0.4 is 10.1 Å². The van der Waals surface area contributed by atoms with Crippen molar-refractivity contribution in [2.45, 2.75) is 58.1 Å². The van der Waals surface area contributed by atoms with Crippen molar-refractivity contribution < 1.29 is 9.53 Å². The summed E-state index contributed by atoms with van der Waals surface area (Å²) in [6, 6.07) is 9.20. The fraction of sp³-hybridized carbons (Fsp3) is 0.474. The number of hydrogen-bond donors (Lipinski definition) is 1. The number of nitrogens with one attached hydrogen (secondary N) is 1. The number of carbonyl (C=O) groups excluding carboxylic acids is 1. The predicted molar refractivity (Wildman–Crippen MR) is 94.4 cm³/mol. The Morgan fingerprint density at radius 1 is 1.21 bits per heavy atom. The minimum atomic E-state index is -0.128. The van der Waals surface area contributed by atoms with Crippen LogP contribution in [0.2, 0.25) is 0 Å². The molecule has 0 radical (unpaired) electrons. The molecule has 1 heterocycles. The van der Waals surface area contributed by atoms with Gasteiger partial charge in [0, 0.05) is 18.2 Å². The van der Waals surface area contributed by atoms with Crippen LogP contribution in [-0.4, -0.2) is 21.8 Å². The Morgan fingerprint density at radius 2 is 1.96 bits per heavy atom. The van der Waals surface area contributed by atoms with Gasteiger partial charge < -0.3 is 10.1 Å².